The van der Waals surface area contributed by atoms with Crippen molar-refractivity contribution in [3.63, 3.8) is 0 Å². The number of aryl methyl sites for hydroxylation is 3. The Balaban J connectivity index is 1.61. The van der Waals surface area contributed by atoms with Gasteiger partial charge in [0.2, 0.25) is 11.7 Å². The molecule has 124 valence electrons. The van der Waals surface area contributed by atoms with Gasteiger partial charge in [-0.1, -0.05) is 5.16 Å². The number of benzene rings is 1. The zero-order valence-electron chi connectivity index (χ0n) is 13.2. The van der Waals surface area contributed by atoms with Gasteiger partial charge in [-0.2, -0.15) is 10.1 Å². The molecule has 0 saturated carbocycles. The molecule has 24 heavy (non-hydrogen) atoms. The molecule has 3 aromatic rings. The van der Waals surface area contributed by atoms with Gasteiger partial charge in [0.15, 0.2) is 6.61 Å². The molecule has 0 saturated heterocycles. The average Bonchev–Trinajstić information content (AvgIpc) is 3.20. The fourth-order valence-electron chi connectivity index (χ4n) is 2.13. The van der Waals surface area contributed by atoms with Crippen molar-refractivity contribution in [2.45, 2.75) is 19.9 Å². The number of nitrogens with zero attached hydrogens (tertiary/aromatic N) is 4. The van der Waals surface area contributed by atoms with Crippen LogP contribution in [0.15, 0.2) is 41.2 Å². The Kier molecular flexibility index (Phi) is 4.55. The van der Waals surface area contributed by atoms with Crippen molar-refractivity contribution in [3.05, 3.63) is 48.1 Å². The third-order valence-corrected chi connectivity index (χ3v) is 3.28. The first-order valence-electron chi connectivity index (χ1n) is 7.43. The van der Waals surface area contributed by atoms with Gasteiger partial charge in [-0.3, -0.25) is 9.48 Å². The minimum atomic E-state index is -0.519. The quantitative estimate of drug-likeness (QED) is 0.701. The number of nitrogens with two attached hydrogens (primary N) is 1. The minimum absolute atomic E-state index is 0.154. The normalized spacial score (nSPS) is 10.7. The molecule has 0 aliphatic carbocycles. The molecule has 0 radical (unpaired) electrons. The minimum Gasteiger partial charge on any atom is -0.484 e. The lowest BCUT2D eigenvalue weighted by Crippen LogP contribution is -2.19. The van der Waals surface area contributed by atoms with Gasteiger partial charge in [-0.25, -0.2) is 0 Å². The van der Waals surface area contributed by atoms with Crippen molar-refractivity contribution in [1.29, 1.82) is 0 Å². The predicted octanol–water partition coefficient (Wildman–Crippen LogP) is 1.35. The van der Waals surface area contributed by atoms with E-state index in [9.17, 15) is 4.79 Å². The van der Waals surface area contributed by atoms with Crippen LogP contribution < -0.4 is 10.5 Å². The first-order valence-corrected chi connectivity index (χ1v) is 7.43. The van der Waals surface area contributed by atoms with E-state index in [-0.39, 0.29) is 6.61 Å². The smallest absolute Gasteiger partial charge is 0.255 e. The topological polar surface area (TPSA) is 109 Å². The summed E-state index contributed by atoms with van der Waals surface area (Å²) in [6, 6.07) is 7.03. The lowest BCUT2D eigenvalue weighted by Gasteiger charge is -2.03. The summed E-state index contributed by atoms with van der Waals surface area (Å²) in [6.07, 6.45) is 4.37. The van der Waals surface area contributed by atoms with Crippen molar-refractivity contribution < 1.29 is 14.1 Å². The molecule has 0 fully saturated rings. The Morgan fingerprint density at radius 1 is 1.33 bits per heavy atom. The lowest BCUT2D eigenvalue weighted by atomic mass is 10.2. The number of rotatable bonds is 7. The summed E-state index contributed by atoms with van der Waals surface area (Å²) >= 11 is 0. The Hall–Kier alpha value is -3.16. The highest BCUT2D eigenvalue weighted by Gasteiger charge is 2.09. The molecule has 1 amide bonds. The summed E-state index contributed by atoms with van der Waals surface area (Å²) in [4.78, 5) is 15.1. The SMILES string of the molecule is Cc1cnn(CCc2nc(-c3ccc(OCC(N)=O)cc3)no2)c1. The molecule has 2 heterocycles. The third-order valence-electron chi connectivity index (χ3n) is 3.28. The Labute approximate surface area is 138 Å². The molecule has 2 aromatic heterocycles. The molecule has 8 heteroatoms. The van der Waals surface area contributed by atoms with Gasteiger partial charge < -0.3 is 15.0 Å². The number of aromatic nitrogens is 4. The second-order valence-corrected chi connectivity index (χ2v) is 5.32. The van der Waals surface area contributed by atoms with Gasteiger partial charge in [-0.05, 0) is 36.8 Å². The fourth-order valence-corrected chi connectivity index (χ4v) is 2.13. The van der Waals surface area contributed by atoms with Crippen LogP contribution in [0.5, 0.6) is 5.75 Å². The summed E-state index contributed by atoms with van der Waals surface area (Å²) in [5.41, 5.74) is 6.94. The maximum Gasteiger partial charge on any atom is 0.255 e. The molecule has 0 unspecified atom stereocenters. The zero-order valence-corrected chi connectivity index (χ0v) is 13.2. The Morgan fingerprint density at radius 3 is 2.79 bits per heavy atom. The van der Waals surface area contributed by atoms with Crippen molar-refractivity contribution in [2.24, 2.45) is 5.73 Å². The van der Waals surface area contributed by atoms with E-state index in [0.717, 1.165) is 11.1 Å². The summed E-state index contributed by atoms with van der Waals surface area (Å²) in [5, 5.41) is 8.19. The Bertz CT molecular complexity index is 822. The molecule has 0 aliphatic rings. The molecule has 3 rings (SSSR count). The van der Waals surface area contributed by atoms with Gasteiger partial charge in [0.05, 0.1) is 6.20 Å². The first-order chi connectivity index (χ1) is 11.6. The second-order valence-electron chi connectivity index (χ2n) is 5.32. The summed E-state index contributed by atoms with van der Waals surface area (Å²) < 4.78 is 12.3. The van der Waals surface area contributed by atoms with Gasteiger partial charge >= 0.3 is 0 Å². The number of primary amides is 1. The maximum absolute atomic E-state index is 10.7. The number of carbonyl (C=O) groups excluding carboxylic acids is 1. The highest BCUT2D eigenvalue weighted by molar-refractivity contribution is 5.75. The van der Waals surface area contributed by atoms with E-state index in [1.165, 1.54) is 0 Å². The highest BCUT2D eigenvalue weighted by atomic mass is 16.5. The van der Waals surface area contributed by atoms with Gasteiger partial charge in [0.1, 0.15) is 5.75 Å². The van der Waals surface area contributed by atoms with Crippen LogP contribution >= 0.6 is 0 Å². The average molecular weight is 327 g/mol. The summed E-state index contributed by atoms with van der Waals surface area (Å²) in [7, 11) is 0. The van der Waals surface area contributed by atoms with Crippen LogP contribution in [0.1, 0.15) is 11.5 Å². The molecule has 0 bridgehead atoms. The first kappa shape index (κ1) is 15.7. The molecule has 0 atom stereocenters. The van der Waals surface area contributed by atoms with E-state index < -0.39 is 5.91 Å². The Morgan fingerprint density at radius 2 is 2.12 bits per heavy atom. The summed E-state index contributed by atoms with van der Waals surface area (Å²) in [6.45, 7) is 2.51. The molecule has 0 spiro atoms. The van der Waals surface area contributed by atoms with Crippen molar-refractivity contribution in [3.8, 4) is 17.1 Å². The maximum atomic E-state index is 10.7. The number of amides is 1. The van der Waals surface area contributed by atoms with Crippen molar-refractivity contribution in [1.82, 2.24) is 19.9 Å². The third kappa shape index (κ3) is 3.97. The van der Waals surface area contributed by atoms with Crippen molar-refractivity contribution >= 4 is 5.91 Å². The van der Waals surface area contributed by atoms with E-state index in [1.54, 1.807) is 30.5 Å². The highest BCUT2D eigenvalue weighted by Crippen LogP contribution is 2.20. The van der Waals surface area contributed by atoms with Crippen LogP contribution in [-0.2, 0) is 17.8 Å². The predicted molar refractivity (Wildman–Crippen MR) is 85.1 cm³/mol. The van der Waals surface area contributed by atoms with Gasteiger partial charge in [0.25, 0.3) is 5.91 Å². The zero-order chi connectivity index (χ0) is 16.9. The number of ether oxygens (including phenoxy) is 1. The van der Waals surface area contributed by atoms with Crippen LogP contribution in [0.2, 0.25) is 0 Å². The van der Waals surface area contributed by atoms with E-state index in [1.807, 2.05) is 17.8 Å². The standard InChI is InChI=1S/C16H17N5O3/c1-11-8-18-21(9-11)7-6-15-19-16(20-24-15)12-2-4-13(5-3-12)23-10-14(17)22/h2-5,8-9H,6-7,10H2,1H3,(H2,17,22). The number of hydrogen-bond donors (Lipinski definition) is 1. The van der Waals surface area contributed by atoms with Crippen LogP contribution in [0.3, 0.4) is 0 Å². The fraction of sp³-hybridized carbons (Fsp3) is 0.250. The molecule has 0 aliphatic heterocycles. The molecule has 8 nitrogen and oxygen atoms in total. The van der Waals surface area contributed by atoms with E-state index in [4.69, 9.17) is 15.0 Å². The molecular formula is C16H17N5O3. The largest absolute Gasteiger partial charge is 0.484 e. The number of hydrogen-bond acceptors (Lipinski definition) is 6. The van der Waals surface area contributed by atoms with Crippen LogP contribution in [0, 0.1) is 6.92 Å². The van der Waals surface area contributed by atoms with Crippen LogP contribution in [-0.4, -0.2) is 32.4 Å². The molecule has 1 aromatic carbocycles. The molecular weight excluding hydrogens is 310 g/mol. The lowest BCUT2D eigenvalue weighted by molar-refractivity contribution is -0.119. The van der Waals surface area contributed by atoms with E-state index in [0.29, 0.717) is 30.4 Å². The van der Waals surface area contributed by atoms with Crippen molar-refractivity contribution in [2.75, 3.05) is 6.61 Å². The second kappa shape index (κ2) is 6.95. The van der Waals surface area contributed by atoms with Gasteiger partial charge in [0, 0.05) is 24.7 Å². The van der Waals surface area contributed by atoms with Crippen LogP contribution in [0.4, 0.5) is 0 Å². The number of carbonyl (C=O) groups is 1. The van der Waals surface area contributed by atoms with E-state index in [2.05, 4.69) is 15.2 Å². The van der Waals surface area contributed by atoms with Gasteiger partial charge in [-0.15, -0.1) is 0 Å². The molecule has 2 N–H and O–H groups in total. The monoisotopic (exact) mass is 327 g/mol. The summed E-state index contributed by atoms with van der Waals surface area (Å²) in [5.74, 6) is 1.08. The van der Waals surface area contributed by atoms with E-state index >= 15 is 0 Å². The van der Waals surface area contributed by atoms with Crippen LogP contribution in [0.25, 0.3) is 11.4 Å².